The van der Waals surface area contributed by atoms with Gasteiger partial charge >= 0.3 is 6.01 Å². The van der Waals surface area contributed by atoms with Crippen LogP contribution in [0, 0.1) is 0 Å². The van der Waals surface area contributed by atoms with Crippen molar-refractivity contribution in [2.24, 2.45) is 7.05 Å². The summed E-state index contributed by atoms with van der Waals surface area (Å²) in [6.07, 6.45) is 2.87. The summed E-state index contributed by atoms with van der Waals surface area (Å²) in [5, 5.41) is 11.5. The van der Waals surface area contributed by atoms with Crippen LogP contribution in [-0.4, -0.2) is 42.2 Å². The molecule has 1 N–H and O–H groups in total. The van der Waals surface area contributed by atoms with Gasteiger partial charge in [-0.25, -0.2) is 9.97 Å². The van der Waals surface area contributed by atoms with Crippen LogP contribution in [0.2, 0.25) is 10.0 Å². The van der Waals surface area contributed by atoms with Gasteiger partial charge in [-0.15, -0.1) is 0 Å². The Bertz CT molecular complexity index is 1600. The van der Waals surface area contributed by atoms with Crippen LogP contribution in [-0.2, 0) is 7.05 Å². The molecule has 1 atom stereocenters. The van der Waals surface area contributed by atoms with E-state index >= 15 is 0 Å². The van der Waals surface area contributed by atoms with Crippen LogP contribution in [0.15, 0.2) is 47.5 Å². The first-order valence-corrected chi connectivity index (χ1v) is 12.1. The quantitative estimate of drug-likeness (QED) is 0.399. The molecule has 1 aliphatic heterocycles. The number of anilines is 1. The number of pyridine rings is 1. The van der Waals surface area contributed by atoms with Crippen LogP contribution in [0.25, 0.3) is 11.4 Å². The highest BCUT2D eigenvalue weighted by Gasteiger charge is 2.46. The molecule has 10 nitrogen and oxygen atoms in total. The molecular formula is C25H22Cl2N6O4. The zero-order valence-electron chi connectivity index (χ0n) is 20.3. The van der Waals surface area contributed by atoms with Crippen molar-refractivity contribution in [1.29, 1.82) is 0 Å². The number of benzene rings is 1. The number of aromatic hydroxyl groups is 1. The van der Waals surface area contributed by atoms with E-state index in [4.69, 9.17) is 27.9 Å². The zero-order chi connectivity index (χ0) is 26.6. The molecule has 0 aliphatic carbocycles. The van der Waals surface area contributed by atoms with E-state index in [1.807, 2.05) is 18.4 Å². The number of amides is 1. The Morgan fingerprint density at radius 2 is 1.78 bits per heavy atom. The van der Waals surface area contributed by atoms with Crippen LogP contribution < -0.4 is 15.2 Å². The smallest absolute Gasteiger partial charge is 0.319 e. The molecule has 0 saturated heterocycles. The number of imidazole rings is 1. The van der Waals surface area contributed by atoms with Crippen LogP contribution in [0.4, 0.5) is 5.69 Å². The number of hydrogen-bond donors (Lipinski definition) is 1. The minimum atomic E-state index is -0.726. The number of halogens is 2. The van der Waals surface area contributed by atoms with Gasteiger partial charge in [-0.3, -0.25) is 14.5 Å². The number of carbonyl (C=O) groups excluding carboxylic acids is 1. The van der Waals surface area contributed by atoms with Gasteiger partial charge in [-0.2, -0.15) is 4.98 Å². The molecule has 4 aromatic rings. The molecule has 0 saturated carbocycles. The Morgan fingerprint density at radius 3 is 2.41 bits per heavy atom. The predicted octanol–water partition coefficient (Wildman–Crippen LogP) is 4.39. The Labute approximate surface area is 221 Å². The summed E-state index contributed by atoms with van der Waals surface area (Å²) in [5.41, 5.74) is 1.36. The van der Waals surface area contributed by atoms with E-state index in [1.165, 1.54) is 35.0 Å². The van der Waals surface area contributed by atoms with Crippen LogP contribution >= 0.6 is 23.2 Å². The summed E-state index contributed by atoms with van der Waals surface area (Å²) in [6.45, 7) is 3.86. The normalized spacial score (nSPS) is 14.9. The Hall–Kier alpha value is -3.89. The summed E-state index contributed by atoms with van der Waals surface area (Å²) in [6, 6.07) is 7.57. The van der Waals surface area contributed by atoms with Gasteiger partial charge in [0.2, 0.25) is 5.88 Å². The van der Waals surface area contributed by atoms with Gasteiger partial charge in [0.15, 0.2) is 5.69 Å². The first-order chi connectivity index (χ1) is 17.6. The monoisotopic (exact) mass is 540 g/mol. The molecule has 190 valence electrons. The molecule has 4 heterocycles. The van der Waals surface area contributed by atoms with Crippen molar-refractivity contribution in [3.05, 3.63) is 80.1 Å². The zero-order valence-corrected chi connectivity index (χ0v) is 21.8. The van der Waals surface area contributed by atoms with E-state index < -0.39 is 11.9 Å². The number of aryl methyl sites for hydroxylation is 1. The summed E-state index contributed by atoms with van der Waals surface area (Å²) < 4.78 is 8.16. The number of nitrogens with zero attached hydrogens (tertiary/aromatic N) is 6. The molecule has 0 bridgehead atoms. The van der Waals surface area contributed by atoms with Gasteiger partial charge in [-0.1, -0.05) is 35.3 Å². The van der Waals surface area contributed by atoms with Gasteiger partial charge in [0.1, 0.15) is 17.6 Å². The molecule has 12 heteroatoms. The number of ether oxygens (including phenoxy) is 1. The Balaban J connectivity index is 1.80. The van der Waals surface area contributed by atoms with E-state index in [2.05, 4.69) is 15.0 Å². The highest BCUT2D eigenvalue weighted by Crippen LogP contribution is 2.45. The topological polar surface area (TPSA) is 115 Å². The lowest BCUT2D eigenvalue weighted by Crippen LogP contribution is -2.36. The first-order valence-electron chi connectivity index (χ1n) is 11.3. The second kappa shape index (κ2) is 9.20. The molecule has 5 rings (SSSR count). The number of rotatable bonds is 5. The van der Waals surface area contributed by atoms with Gasteiger partial charge in [0.05, 0.1) is 23.4 Å². The first kappa shape index (κ1) is 24.8. The maximum absolute atomic E-state index is 13.9. The lowest BCUT2D eigenvalue weighted by Gasteiger charge is -2.28. The summed E-state index contributed by atoms with van der Waals surface area (Å²) in [5.74, 6) is -0.511. The standard InChI is InChI=1S/C25H22Cl2N6O4/c1-12(2)32-20-18(29-21(32)16-10-28-25(37-4)30-22(16)34)24(36)33(17-9-15(27)11-31(3)23(17)35)19(20)13-5-7-14(26)8-6-13/h5-12,19H,1-4H3,(H,28,30,34)/t19-/m0/s1. The Morgan fingerprint density at radius 1 is 1.08 bits per heavy atom. The van der Waals surface area contributed by atoms with Gasteiger partial charge in [0.25, 0.3) is 11.5 Å². The van der Waals surface area contributed by atoms with Crippen molar-refractivity contribution < 1.29 is 14.6 Å². The molecule has 0 spiro atoms. The fourth-order valence-corrected chi connectivity index (χ4v) is 4.95. The van der Waals surface area contributed by atoms with Gasteiger partial charge < -0.3 is 19.0 Å². The molecule has 0 radical (unpaired) electrons. The van der Waals surface area contributed by atoms with Crippen LogP contribution in [0.1, 0.15) is 47.7 Å². The average molecular weight is 541 g/mol. The second-order valence-corrected chi connectivity index (χ2v) is 9.69. The SMILES string of the molecule is COc1ncc(-c2nc3c(n2C(C)C)[C@H](c2ccc(Cl)cc2)N(c2cc(Cl)cn(C)c2=O)C3=O)c(O)n1. The van der Waals surface area contributed by atoms with E-state index in [0.29, 0.717) is 27.1 Å². The minimum absolute atomic E-state index is 0.00506. The maximum Gasteiger partial charge on any atom is 0.319 e. The third-order valence-electron chi connectivity index (χ3n) is 6.15. The van der Waals surface area contributed by atoms with Crippen molar-refractivity contribution in [1.82, 2.24) is 24.1 Å². The van der Waals surface area contributed by atoms with Crippen molar-refractivity contribution in [3.8, 4) is 23.3 Å². The molecule has 1 aliphatic rings. The third kappa shape index (κ3) is 4.02. The van der Waals surface area contributed by atoms with Crippen molar-refractivity contribution >= 4 is 34.8 Å². The van der Waals surface area contributed by atoms with E-state index in [0.717, 1.165) is 0 Å². The number of fused-ring (bicyclic) bond motifs is 1. The Kier molecular flexibility index (Phi) is 6.17. The van der Waals surface area contributed by atoms with Crippen molar-refractivity contribution in [3.63, 3.8) is 0 Å². The molecule has 37 heavy (non-hydrogen) atoms. The highest BCUT2D eigenvalue weighted by atomic mass is 35.5. The fraction of sp³-hybridized carbons (Fsp3) is 0.240. The third-order valence-corrected chi connectivity index (χ3v) is 6.61. The van der Waals surface area contributed by atoms with Crippen LogP contribution in [0.3, 0.4) is 0 Å². The summed E-state index contributed by atoms with van der Waals surface area (Å²) in [4.78, 5) is 41.2. The molecule has 1 amide bonds. The van der Waals surface area contributed by atoms with Gasteiger partial charge in [0, 0.05) is 30.5 Å². The molecule has 0 unspecified atom stereocenters. The minimum Gasteiger partial charge on any atom is -0.493 e. The summed E-state index contributed by atoms with van der Waals surface area (Å²) >= 11 is 12.4. The predicted molar refractivity (Wildman–Crippen MR) is 139 cm³/mol. The number of methoxy groups -OCH3 is 1. The van der Waals surface area contributed by atoms with Gasteiger partial charge in [-0.05, 0) is 37.6 Å². The number of hydrogen-bond acceptors (Lipinski definition) is 7. The molecule has 3 aromatic heterocycles. The fourth-order valence-electron chi connectivity index (χ4n) is 4.57. The van der Waals surface area contributed by atoms with Crippen LogP contribution in [0.5, 0.6) is 11.9 Å². The molecular weight excluding hydrogens is 519 g/mol. The molecule has 1 aromatic carbocycles. The van der Waals surface area contributed by atoms with Crippen molar-refractivity contribution in [2.45, 2.75) is 25.9 Å². The second-order valence-electron chi connectivity index (χ2n) is 8.82. The van der Waals surface area contributed by atoms with Crippen molar-refractivity contribution in [2.75, 3.05) is 12.0 Å². The maximum atomic E-state index is 13.9. The number of aromatic nitrogens is 5. The van der Waals surface area contributed by atoms with E-state index in [1.54, 1.807) is 31.3 Å². The van der Waals surface area contributed by atoms with E-state index in [9.17, 15) is 14.7 Å². The average Bonchev–Trinajstić information content (AvgIpc) is 3.37. The summed E-state index contributed by atoms with van der Waals surface area (Å²) in [7, 11) is 2.96. The molecule has 0 fully saturated rings. The lowest BCUT2D eigenvalue weighted by molar-refractivity contribution is 0.0989. The van der Waals surface area contributed by atoms with E-state index in [-0.39, 0.29) is 40.4 Å². The lowest BCUT2D eigenvalue weighted by atomic mass is 10.0. The highest BCUT2D eigenvalue weighted by molar-refractivity contribution is 6.31. The number of carbonyl (C=O) groups is 1. The largest absolute Gasteiger partial charge is 0.493 e.